The molecule has 2 amide bonds. The molecule has 2 aromatic carbocycles. The number of furan rings is 1. The molecule has 1 unspecified atom stereocenters. The van der Waals surface area contributed by atoms with Gasteiger partial charge in [0.1, 0.15) is 18.1 Å². The third-order valence-electron chi connectivity index (χ3n) is 6.19. The highest BCUT2D eigenvalue weighted by Gasteiger charge is 2.33. The summed E-state index contributed by atoms with van der Waals surface area (Å²) in [5, 5.41) is 2.69. The van der Waals surface area contributed by atoms with E-state index in [0.717, 1.165) is 17.5 Å². The lowest BCUT2D eigenvalue weighted by Crippen LogP contribution is -2.42. The predicted molar refractivity (Wildman–Crippen MR) is 135 cm³/mol. The lowest BCUT2D eigenvalue weighted by Gasteiger charge is -2.39. The van der Waals surface area contributed by atoms with Crippen molar-refractivity contribution in [3.63, 3.8) is 0 Å². The average molecular weight is 473 g/mol. The van der Waals surface area contributed by atoms with Crippen molar-refractivity contribution >= 4 is 11.8 Å². The Hall–Kier alpha value is -3.80. The zero-order valence-electron chi connectivity index (χ0n) is 20.5. The van der Waals surface area contributed by atoms with Crippen molar-refractivity contribution in [1.29, 1.82) is 0 Å². The maximum atomic E-state index is 13.1. The molecular formula is C29H32N2O4. The maximum absolute atomic E-state index is 13.1. The third kappa shape index (κ3) is 5.48. The van der Waals surface area contributed by atoms with E-state index in [0.29, 0.717) is 24.6 Å². The summed E-state index contributed by atoms with van der Waals surface area (Å²) in [6.07, 6.45) is 2.42. The SMILES string of the molecule is C=CCNC(=O)c1ccc(COc2ccc3c(c2)C(c2ccc(C)cc2)N(C(=O)C(C)C)CC3)o1. The molecule has 0 spiro atoms. The highest BCUT2D eigenvalue weighted by Crippen LogP contribution is 2.38. The lowest BCUT2D eigenvalue weighted by atomic mass is 9.87. The second-order valence-electron chi connectivity index (χ2n) is 9.16. The molecule has 1 aliphatic heterocycles. The Balaban J connectivity index is 1.58. The first-order chi connectivity index (χ1) is 16.9. The molecule has 1 aromatic heterocycles. The number of hydrogen-bond donors (Lipinski definition) is 1. The summed E-state index contributed by atoms with van der Waals surface area (Å²) in [7, 11) is 0. The molecule has 1 N–H and O–H groups in total. The van der Waals surface area contributed by atoms with Crippen LogP contribution in [0.5, 0.6) is 5.75 Å². The van der Waals surface area contributed by atoms with Gasteiger partial charge in [-0.1, -0.05) is 55.8 Å². The van der Waals surface area contributed by atoms with Crippen LogP contribution in [0.15, 0.2) is 71.7 Å². The van der Waals surface area contributed by atoms with Gasteiger partial charge in [-0.3, -0.25) is 9.59 Å². The fourth-order valence-electron chi connectivity index (χ4n) is 4.34. The van der Waals surface area contributed by atoms with Crippen molar-refractivity contribution in [3.8, 4) is 5.75 Å². The smallest absolute Gasteiger partial charge is 0.287 e. The third-order valence-corrected chi connectivity index (χ3v) is 6.19. The fraction of sp³-hybridized carbons (Fsp3) is 0.310. The molecule has 0 fully saturated rings. The Labute approximate surface area is 206 Å². The van der Waals surface area contributed by atoms with Gasteiger partial charge in [-0.05, 0) is 54.3 Å². The number of carbonyl (C=O) groups excluding carboxylic acids is 2. The number of amides is 2. The van der Waals surface area contributed by atoms with Gasteiger partial charge in [-0.2, -0.15) is 0 Å². The summed E-state index contributed by atoms with van der Waals surface area (Å²) in [5.74, 6) is 1.25. The highest BCUT2D eigenvalue weighted by atomic mass is 16.5. The van der Waals surface area contributed by atoms with E-state index < -0.39 is 0 Å². The molecule has 4 rings (SSSR count). The second-order valence-corrected chi connectivity index (χ2v) is 9.16. The van der Waals surface area contributed by atoms with Crippen LogP contribution in [0.1, 0.15) is 58.5 Å². The molecule has 0 radical (unpaired) electrons. The van der Waals surface area contributed by atoms with Gasteiger partial charge < -0.3 is 19.4 Å². The Morgan fingerprint density at radius 2 is 1.94 bits per heavy atom. The summed E-state index contributed by atoms with van der Waals surface area (Å²) >= 11 is 0. The lowest BCUT2D eigenvalue weighted by molar-refractivity contribution is -0.136. The topological polar surface area (TPSA) is 71.8 Å². The number of ether oxygens (including phenoxy) is 1. The van der Waals surface area contributed by atoms with E-state index in [-0.39, 0.29) is 36.1 Å². The quantitative estimate of drug-likeness (QED) is 0.457. The number of hydrogen-bond acceptors (Lipinski definition) is 4. The number of fused-ring (bicyclic) bond motifs is 1. The molecule has 1 atom stereocenters. The first kappa shape index (κ1) is 24.3. The van der Waals surface area contributed by atoms with Gasteiger partial charge in [0.15, 0.2) is 5.76 Å². The van der Waals surface area contributed by atoms with E-state index in [1.165, 1.54) is 11.1 Å². The van der Waals surface area contributed by atoms with Crippen molar-refractivity contribution in [2.45, 2.75) is 39.8 Å². The standard InChI is InChI=1S/C29H32N2O4/c1-5-15-30-28(32)26-13-12-24(35-26)18-34-23-11-10-21-14-16-31(29(33)19(2)3)27(25(21)17-23)22-8-6-20(4)7-9-22/h5-13,17,19,27H,1,14-16,18H2,2-4H3,(H,30,32). The summed E-state index contributed by atoms with van der Waals surface area (Å²) < 4.78 is 11.7. The van der Waals surface area contributed by atoms with Crippen molar-refractivity contribution in [1.82, 2.24) is 10.2 Å². The summed E-state index contributed by atoms with van der Waals surface area (Å²) in [5.41, 5.74) is 4.56. The fourth-order valence-corrected chi connectivity index (χ4v) is 4.34. The minimum Gasteiger partial charge on any atom is -0.486 e. The molecule has 1 aliphatic rings. The van der Waals surface area contributed by atoms with Gasteiger partial charge >= 0.3 is 0 Å². The van der Waals surface area contributed by atoms with Crippen LogP contribution in [-0.4, -0.2) is 29.8 Å². The maximum Gasteiger partial charge on any atom is 0.287 e. The van der Waals surface area contributed by atoms with Crippen molar-refractivity contribution in [2.75, 3.05) is 13.1 Å². The Bertz CT molecular complexity index is 1210. The second kappa shape index (κ2) is 10.6. The Kier molecular flexibility index (Phi) is 7.39. The molecule has 0 saturated heterocycles. The normalized spacial score (nSPS) is 15.0. The minimum atomic E-state index is -0.291. The van der Waals surface area contributed by atoms with Crippen LogP contribution in [-0.2, 0) is 17.8 Å². The molecule has 0 bridgehead atoms. The molecule has 2 heterocycles. The molecule has 3 aromatic rings. The van der Waals surface area contributed by atoms with Crippen LogP contribution in [0, 0.1) is 12.8 Å². The summed E-state index contributed by atoms with van der Waals surface area (Å²) in [6.45, 7) is 10.8. The number of nitrogens with one attached hydrogen (secondary N) is 1. The molecule has 35 heavy (non-hydrogen) atoms. The summed E-state index contributed by atoms with van der Waals surface area (Å²) in [4.78, 5) is 27.2. The van der Waals surface area contributed by atoms with Gasteiger partial charge in [0, 0.05) is 19.0 Å². The predicted octanol–water partition coefficient (Wildman–Crippen LogP) is 5.21. The van der Waals surface area contributed by atoms with Gasteiger partial charge in [0.25, 0.3) is 5.91 Å². The zero-order chi connectivity index (χ0) is 24.9. The molecule has 182 valence electrons. The van der Waals surface area contributed by atoms with Crippen molar-refractivity contribution < 1.29 is 18.7 Å². The van der Waals surface area contributed by atoms with E-state index in [1.54, 1.807) is 18.2 Å². The van der Waals surface area contributed by atoms with Crippen molar-refractivity contribution in [3.05, 3.63) is 101 Å². The number of carbonyl (C=O) groups is 2. The Morgan fingerprint density at radius 1 is 1.17 bits per heavy atom. The van der Waals surface area contributed by atoms with Gasteiger partial charge in [-0.15, -0.1) is 6.58 Å². The van der Waals surface area contributed by atoms with Crippen LogP contribution in [0.25, 0.3) is 0 Å². The molecule has 0 aliphatic carbocycles. The minimum absolute atomic E-state index is 0.0826. The van der Waals surface area contributed by atoms with Crippen LogP contribution >= 0.6 is 0 Å². The van der Waals surface area contributed by atoms with E-state index in [1.807, 2.05) is 30.9 Å². The number of aryl methyl sites for hydroxylation is 1. The van der Waals surface area contributed by atoms with E-state index in [2.05, 4.69) is 49.2 Å². The first-order valence-corrected chi connectivity index (χ1v) is 12.0. The first-order valence-electron chi connectivity index (χ1n) is 12.0. The van der Waals surface area contributed by atoms with E-state index >= 15 is 0 Å². The number of rotatable bonds is 8. The largest absolute Gasteiger partial charge is 0.486 e. The zero-order valence-corrected chi connectivity index (χ0v) is 20.5. The molecule has 6 heteroatoms. The monoisotopic (exact) mass is 472 g/mol. The van der Waals surface area contributed by atoms with E-state index in [9.17, 15) is 9.59 Å². The van der Waals surface area contributed by atoms with Gasteiger partial charge in [-0.25, -0.2) is 0 Å². The molecular weight excluding hydrogens is 440 g/mol. The van der Waals surface area contributed by atoms with Crippen LogP contribution in [0.4, 0.5) is 0 Å². The Morgan fingerprint density at radius 3 is 2.66 bits per heavy atom. The molecule has 0 saturated carbocycles. The number of benzene rings is 2. The van der Waals surface area contributed by atoms with E-state index in [4.69, 9.17) is 9.15 Å². The summed E-state index contributed by atoms with van der Waals surface area (Å²) in [6, 6.07) is 17.6. The van der Waals surface area contributed by atoms with Gasteiger partial charge in [0.2, 0.25) is 5.91 Å². The van der Waals surface area contributed by atoms with Gasteiger partial charge in [0.05, 0.1) is 6.04 Å². The van der Waals surface area contributed by atoms with Crippen LogP contribution in [0.3, 0.4) is 0 Å². The molecule has 6 nitrogen and oxygen atoms in total. The van der Waals surface area contributed by atoms with Crippen LogP contribution < -0.4 is 10.1 Å². The van der Waals surface area contributed by atoms with Crippen LogP contribution in [0.2, 0.25) is 0 Å². The van der Waals surface area contributed by atoms with Crippen molar-refractivity contribution in [2.24, 2.45) is 5.92 Å². The highest BCUT2D eigenvalue weighted by molar-refractivity contribution is 5.91. The average Bonchev–Trinajstić information content (AvgIpc) is 3.34. The number of nitrogens with zero attached hydrogens (tertiary/aromatic N) is 1.